The van der Waals surface area contributed by atoms with Crippen LogP contribution in [0.4, 0.5) is 0 Å². The molecule has 4 rings (SSSR count). The highest BCUT2D eigenvalue weighted by atomic mass is 14.4. The normalized spacial score (nSPS) is 31.0. The van der Waals surface area contributed by atoms with Gasteiger partial charge in [0.1, 0.15) is 0 Å². The monoisotopic (exact) mass is 206 g/mol. The van der Waals surface area contributed by atoms with Crippen molar-refractivity contribution >= 4 is 6.08 Å². The third-order valence-corrected chi connectivity index (χ3v) is 3.51. The minimum atomic E-state index is -0.751. The lowest BCUT2D eigenvalue weighted by atomic mass is 9.62. The van der Waals surface area contributed by atoms with Crippen molar-refractivity contribution in [3.05, 3.63) is 76.8 Å². The Balaban J connectivity index is 2.07. The van der Waals surface area contributed by atoms with Gasteiger partial charge in [-0.05, 0) is 22.3 Å². The average Bonchev–Trinajstić information content (AvgIpc) is 2.37. The molecule has 0 saturated heterocycles. The molecule has 2 aliphatic rings. The predicted octanol–water partition coefficient (Wildman–Crippen LogP) is 3.94. The van der Waals surface area contributed by atoms with Gasteiger partial charge in [-0.1, -0.05) is 60.7 Å². The number of fused-ring (bicyclic) bond motifs is 6. The molecule has 16 heavy (non-hydrogen) atoms. The van der Waals surface area contributed by atoms with Crippen molar-refractivity contribution < 1.29 is 2.74 Å². The van der Waals surface area contributed by atoms with E-state index in [1.807, 2.05) is 54.6 Å². The summed E-state index contributed by atoms with van der Waals surface area (Å²) in [6.07, 6.45) is 1.91. The van der Waals surface area contributed by atoms with E-state index >= 15 is 0 Å². The van der Waals surface area contributed by atoms with Crippen LogP contribution >= 0.6 is 0 Å². The van der Waals surface area contributed by atoms with Crippen LogP contribution in [0.1, 0.15) is 36.8 Å². The molecular weight excluding hydrogens is 192 g/mol. The quantitative estimate of drug-likeness (QED) is 0.612. The van der Waals surface area contributed by atoms with E-state index in [0.29, 0.717) is 6.05 Å². The van der Waals surface area contributed by atoms with Gasteiger partial charge in [-0.3, -0.25) is 0 Å². The fourth-order valence-corrected chi connectivity index (χ4v) is 2.74. The second-order valence-corrected chi connectivity index (χ2v) is 4.33. The van der Waals surface area contributed by atoms with Gasteiger partial charge >= 0.3 is 0 Å². The van der Waals surface area contributed by atoms with Crippen LogP contribution in [0.3, 0.4) is 0 Å². The first kappa shape index (κ1) is 6.70. The molecule has 0 saturated carbocycles. The largest absolute Gasteiger partial charge is 0.0754 e. The number of rotatable bonds is 0. The van der Waals surface area contributed by atoms with Gasteiger partial charge < -0.3 is 0 Å². The van der Waals surface area contributed by atoms with Crippen molar-refractivity contribution in [2.75, 3.05) is 0 Å². The Labute approximate surface area is 98.1 Å². The van der Waals surface area contributed by atoms with Crippen LogP contribution in [0, 0.1) is 0 Å². The molecule has 0 heteroatoms. The molecule has 0 N–H and O–H groups in total. The van der Waals surface area contributed by atoms with Crippen molar-refractivity contribution in [2.45, 2.75) is 11.8 Å². The lowest BCUT2D eigenvalue weighted by molar-refractivity contribution is 0.619. The van der Waals surface area contributed by atoms with Crippen molar-refractivity contribution in [3.63, 3.8) is 0 Å². The molecule has 0 amide bonds. The summed E-state index contributed by atoms with van der Waals surface area (Å²) in [5.74, 6) is -0.845. The molecule has 0 spiro atoms. The smallest absolute Gasteiger partial charge is 0.0583 e. The first-order valence-corrected chi connectivity index (χ1v) is 5.60. The fraction of sp³-hybridized carbons (Fsp3) is 0.125. The van der Waals surface area contributed by atoms with Gasteiger partial charge in [0.2, 0.25) is 0 Å². The highest BCUT2D eigenvalue weighted by molar-refractivity contribution is 5.68. The summed E-state index contributed by atoms with van der Waals surface area (Å²) in [6, 6.07) is 16.6. The fourth-order valence-electron chi connectivity index (χ4n) is 2.74. The Bertz CT molecular complexity index is 687. The third kappa shape index (κ3) is 0.898. The molecule has 2 aromatic rings. The summed E-state index contributed by atoms with van der Waals surface area (Å²) in [5, 5.41) is 0. The van der Waals surface area contributed by atoms with Crippen LogP contribution in [-0.2, 0) is 0 Å². The zero-order chi connectivity index (χ0) is 12.3. The van der Waals surface area contributed by atoms with Gasteiger partial charge in [-0.15, -0.1) is 0 Å². The standard InChI is InChI=1S/C16H12/c1-2-6-12-11(5-1)9-10-15-13-7-3-4-8-14(13)16(12)15/h1-10,15-16H/i10D,16D. The van der Waals surface area contributed by atoms with Crippen LogP contribution < -0.4 is 0 Å². The first-order chi connectivity index (χ1) is 8.73. The third-order valence-electron chi connectivity index (χ3n) is 3.51. The molecule has 2 aliphatic carbocycles. The van der Waals surface area contributed by atoms with E-state index in [0.717, 1.165) is 22.3 Å². The summed E-state index contributed by atoms with van der Waals surface area (Å²) in [6.45, 7) is 0. The van der Waals surface area contributed by atoms with E-state index in [9.17, 15) is 0 Å². The highest BCUT2D eigenvalue weighted by Gasteiger charge is 2.38. The van der Waals surface area contributed by atoms with E-state index < -0.39 is 5.89 Å². The number of allylic oxidation sites excluding steroid dienone is 1. The van der Waals surface area contributed by atoms with Crippen LogP contribution in [0.25, 0.3) is 6.08 Å². The topological polar surface area (TPSA) is 0 Å². The first-order valence-electron chi connectivity index (χ1n) is 6.60. The van der Waals surface area contributed by atoms with Crippen LogP contribution in [0.5, 0.6) is 0 Å². The van der Waals surface area contributed by atoms with Crippen molar-refractivity contribution in [2.24, 2.45) is 0 Å². The van der Waals surface area contributed by atoms with E-state index in [1.54, 1.807) is 0 Å². The Morgan fingerprint density at radius 3 is 2.44 bits per heavy atom. The second kappa shape index (κ2) is 2.85. The molecule has 0 aliphatic heterocycles. The molecular formula is C16H12. The Kier molecular flexibility index (Phi) is 1.19. The molecule has 0 aromatic heterocycles. The van der Waals surface area contributed by atoms with Crippen molar-refractivity contribution in [1.29, 1.82) is 0 Å². The lowest BCUT2D eigenvalue weighted by Crippen LogP contribution is -2.26. The van der Waals surface area contributed by atoms with E-state index in [-0.39, 0.29) is 5.92 Å². The minimum Gasteiger partial charge on any atom is -0.0754 e. The van der Waals surface area contributed by atoms with E-state index in [1.165, 1.54) is 0 Å². The predicted molar refractivity (Wildman–Crippen MR) is 66.5 cm³/mol. The number of hydrogen-bond donors (Lipinski definition) is 0. The van der Waals surface area contributed by atoms with Gasteiger partial charge in [0.25, 0.3) is 0 Å². The Hall–Kier alpha value is -1.82. The molecule has 0 radical (unpaired) electrons. The van der Waals surface area contributed by atoms with E-state index in [2.05, 4.69) is 0 Å². The molecule has 2 unspecified atom stereocenters. The molecule has 0 bridgehead atoms. The maximum absolute atomic E-state index is 8.85. The van der Waals surface area contributed by atoms with Gasteiger partial charge in [-0.25, -0.2) is 0 Å². The van der Waals surface area contributed by atoms with Gasteiger partial charge in [-0.2, -0.15) is 0 Å². The van der Waals surface area contributed by atoms with Gasteiger partial charge in [0, 0.05) is 13.2 Å². The second-order valence-electron chi connectivity index (χ2n) is 4.33. The van der Waals surface area contributed by atoms with Crippen LogP contribution in [0.2, 0.25) is 0 Å². The molecule has 0 fully saturated rings. The maximum atomic E-state index is 8.85. The maximum Gasteiger partial charge on any atom is 0.0583 e. The average molecular weight is 206 g/mol. The zero-order valence-electron chi connectivity index (χ0n) is 10.8. The summed E-state index contributed by atoms with van der Waals surface area (Å²) in [7, 11) is 0. The van der Waals surface area contributed by atoms with Crippen molar-refractivity contribution in [3.8, 4) is 0 Å². The molecule has 0 nitrogen and oxygen atoms in total. The molecule has 76 valence electrons. The summed E-state index contributed by atoms with van der Waals surface area (Å²) < 4.78 is 17.0. The Morgan fingerprint density at radius 2 is 1.56 bits per heavy atom. The summed E-state index contributed by atoms with van der Waals surface area (Å²) in [5.41, 5.74) is 4.25. The van der Waals surface area contributed by atoms with Gasteiger partial charge in [0.15, 0.2) is 0 Å². The summed E-state index contributed by atoms with van der Waals surface area (Å²) >= 11 is 0. The SMILES string of the molecule is [2H]C1=Cc2ccccc2C2([2H])c3ccccc3C12. The Morgan fingerprint density at radius 1 is 0.875 bits per heavy atom. The van der Waals surface area contributed by atoms with Gasteiger partial charge in [0.05, 0.1) is 1.37 Å². The molecule has 2 aromatic carbocycles. The highest BCUT2D eigenvalue weighted by Crippen LogP contribution is 2.54. The lowest BCUT2D eigenvalue weighted by Gasteiger charge is -2.41. The molecule has 0 heterocycles. The zero-order valence-corrected chi connectivity index (χ0v) is 8.77. The van der Waals surface area contributed by atoms with Crippen LogP contribution in [0.15, 0.2) is 54.6 Å². The molecule has 2 atom stereocenters. The van der Waals surface area contributed by atoms with Crippen molar-refractivity contribution in [1.82, 2.24) is 0 Å². The number of hydrogen-bond acceptors (Lipinski definition) is 0. The number of benzene rings is 2. The van der Waals surface area contributed by atoms with Crippen LogP contribution in [-0.4, -0.2) is 0 Å². The van der Waals surface area contributed by atoms with E-state index in [4.69, 9.17) is 2.74 Å². The minimum absolute atomic E-state index is 0.0939. The summed E-state index contributed by atoms with van der Waals surface area (Å²) in [4.78, 5) is 0.